The SMILES string of the molecule is COc1cccc(-n2nc(C)c3c(-c4ccc(N5CCOCC5)cc4)cc(C(=O)O)nc32)c1. The Balaban J connectivity index is 1.65. The van der Waals surface area contributed by atoms with E-state index >= 15 is 0 Å². The molecule has 1 fully saturated rings. The quantitative estimate of drug-likeness (QED) is 0.499. The van der Waals surface area contributed by atoms with Gasteiger partial charge in [0.1, 0.15) is 5.75 Å². The molecule has 168 valence electrons. The Bertz CT molecular complexity index is 1320. The van der Waals surface area contributed by atoms with E-state index in [4.69, 9.17) is 14.6 Å². The first-order valence-electron chi connectivity index (χ1n) is 10.8. The second-order valence-corrected chi connectivity index (χ2v) is 7.90. The zero-order valence-corrected chi connectivity index (χ0v) is 18.5. The number of carbonyl (C=O) groups is 1. The van der Waals surface area contributed by atoms with Crippen molar-refractivity contribution in [2.75, 3.05) is 38.3 Å². The Morgan fingerprint density at radius 2 is 1.82 bits per heavy atom. The number of anilines is 1. The maximum atomic E-state index is 11.9. The van der Waals surface area contributed by atoms with Crippen molar-refractivity contribution in [3.8, 4) is 22.6 Å². The summed E-state index contributed by atoms with van der Waals surface area (Å²) in [6, 6.07) is 17.2. The van der Waals surface area contributed by atoms with Gasteiger partial charge in [-0.3, -0.25) is 0 Å². The maximum absolute atomic E-state index is 11.9. The van der Waals surface area contributed by atoms with Crippen LogP contribution in [-0.2, 0) is 4.74 Å². The van der Waals surface area contributed by atoms with Gasteiger partial charge < -0.3 is 19.5 Å². The highest BCUT2D eigenvalue weighted by atomic mass is 16.5. The van der Waals surface area contributed by atoms with Gasteiger partial charge in [0.05, 0.1) is 37.1 Å². The number of carboxylic acids is 1. The number of hydrogen-bond acceptors (Lipinski definition) is 6. The lowest BCUT2D eigenvalue weighted by Gasteiger charge is -2.29. The Labute approximate surface area is 191 Å². The van der Waals surface area contributed by atoms with Gasteiger partial charge in [-0.25, -0.2) is 14.5 Å². The lowest BCUT2D eigenvalue weighted by molar-refractivity contribution is 0.0691. The van der Waals surface area contributed by atoms with Gasteiger partial charge in [0.15, 0.2) is 11.3 Å². The minimum absolute atomic E-state index is 0.0289. The van der Waals surface area contributed by atoms with E-state index in [0.717, 1.165) is 59.9 Å². The number of fused-ring (bicyclic) bond motifs is 1. The van der Waals surface area contributed by atoms with Crippen molar-refractivity contribution >= 4 is 22.7 Å². The van der Waals surface area contributed by atoms with E-state index in [1.54, 1.807) is 17.9 Å². The maximum Gasteiger partial charge on any atom is 0.354 e. The van der Waals surface area contributed by atoms with Crippen LogP contribution in [0.4, 0.5) is 5.69 Å². The molecule has 0 atom stereocenters. The molecule has 1 aliphatic rings. The average molecular weight is 444 g/mol. The topological polar surface area (TPSA) is 89.7 Å². The Morgan fingerprint density at radius 1 is 1.06 bits per heavy atom. The molecule has 2 aromatic heterocycles. The summed E-state index contributed by atoms with van der Waals surface area (Å²) >= 11 is 0. The number of aromatic nitrogens is 3. The number of nitrogens with zero attached hydrogens (tertiary/aromatic N) is 4. The second kappa shape index (κ2) is 8.55. The molecule has 1 aliphatic heterocycles. The fraction of sp³-hybridized carbons (Fsp3) is 0.240. The number of aryl methyl sites for hydroxylation is 1. The Kier molecular flexibility index (Phi) is 5.43. The first-order valence-corrected chi connectivity index (χ1v) is 10.8. The lowest BCUT2D eigenvalue weighted by atomic mass is 10.0. The number of hydrogen-bond donors (Lipinski definition) is 1. The minimum atomic E-state index is -1.08. The number of ether oxygens (including phenoxy) is 2. The largest absolute Gasteiger partial charge is 0.497 e. The minimum Gasteiger partial charge on any atom is -0.497 e. The van der Waals surface area contributed by atoms with Crippen molar-refractivity contribution in [1.82, 2.24) is 14.8 Å². The molecule has 0 unspecified atom stereocenters. The molecule has 0 spiro atoms. The molecule has 0 saturated carbocycles. The fourth-order valence-electron chi connectivity index (χ4n) is 4.22. The van der Waals surface area contributed by atoms with Crippen LogP contribution in [0.2, 0.25) is 0 Å². The van der Waals surface area contributed by atoms with Gasteiger partial charge in [-0.15, -0.1) is 0 Å². The highest BCUT2D eigenvalue weighted by Gasteiger charge is 2.20. The summed E-state index contributed by atoms with van der Waals surface area (Å²) < 4.78 is 12.5. The zero-order valence-electron chi connectivity index (χ0n) is 18.5. The van der Waals surface area contributed by atoms with Gasteiger partial charge in [0, 0.05) is 24.8 Å². The molecule has 2 aromatic carbocycles. The number of morpholine rings is 1. The monoisotopic (exact) mass is 444 g/mol. The van der Waals surface area contributed by atoms with Gasteiger partial charge in [0.25, 0.3) is 0 Å². The molecule has 0 aliphatic carbocycles. The van der Waals surface area contributed by atoms with Crippen LogP contribution in [0.15, 0.2) is 54.6 Å². The number of benzene rings is 2. The van der Waals surface area contributed by atoms with Crippen LogP contribution in [0.1, 0.15) is 16.2 Å². The third-order valence-electron chi connectivity index (χ3n) is 5.88. The van der Waals surface area contributed by atoms with E-state index in [2.05, 4.69) is 22.0 Å². The van der Waals surface area contributed by atoms with Gasteiger partial charge in [-0.1, -0.05) is 18.2 Å². The summed E-state index contributed by atoms with van der Waals surface area (Å²) in [6.45, 7) is 5.06. The van der Waals surface area contributed by atoms with Crippen LogP contribution >= 0.6 is 0 Å². The smallest absolute Gasteiger partial charge is 0.354 e. The third-order valence-corrected chi connectivity index (χ3v) is 5.88. The van der Waals surface area contributed by atoms with E-state index in [-0.39, 0.29) is 5.69 Å². The van der Waals surface area contributed by atoms with Crippen LogP contribution in [0, 0.1) is 6.92 Å². The zero-order chi connectivity index (χ0) is 22.9. The molecular weight excluding hydrogens is 420 g/mol. The molecule has 5 rings (SSSR count). The first kappa shape index (κ1) is 21.0. The fourth-order valence-corrected chi connectivity index (χ4v) is 4.22. The molecule has 4 aromatic rings. The van der Waals surface area contributed by atoms with E-state index in [9.17, 15) is 9.90 Å². The van der Waals surface area contributed by atoms with Gasteiger partial charge >= 0.3 is 5.97 Å². The molecular formula is C25H24N4O4. The normalized spacial score (nSPS) is 13.9. The van der Waals surface area contributed by atoms with Gasteiger partial charge in [0.2, 0.25) is 0 Å². The number of aromatic carboxylic acids is 1. The molecule has 0 bridgehead atoms. The molecule has 1 saturated heterocycles. The first-order chi connectivity index (χ1) is 16.0. The number of carboxylic acid groups (broad SMARTS) is 1. The van der Waals surface area contributed by atoms with Crippen LogP contribution in [-0.4, -0.2) is 59.3 Å². The number of rotatable bonds is 5. The predicted octanol–water partition coefficient (Wildman–Crippen LogP) is 3.94. The molecule has 1 N–H and O–H groups in total. The average Bonchev–Trinajstić information content (AvgIpc) is 3.20. The summed E-state index contributed by atoms with van der Waals surface area (Å²) in [5.74, 6) is -0.402. The highest BCUT2D eigenvalue weighted by Crippen LogP contribution is 2.34. The van der Waals surface area contributed by atoms with Crippen LogP contribution in [0.25, 0.3) is 27.8 Å². The summed E-state index contributed by atoms with van der Waals surface area (Å²) in [5, 5.41) is 15.3. The standard InChI is InChI=1S/C25H24N4O4/c1-16-23-21(17-6-8-18(9-7-17)28-10-12-33-13-11-28)15-22(25(30)31)26-24(23)29(27-16)19-4-3-5-20(14-19)32-2/h3-9,14-15H,10-13H2,1-2H3,(H,30,31). The van der Waals surface area contributed by atoms with Crippen LogP contribution in [0.3, 0.4) is 0 Å². The van der Waals surface area contributed by atoms with E-state index in [0.29, 0.717) is 11.4 Å². The van der Waals surface area contributed by atoms with Crippen molar-refractivity contribution in [3.63, 3.8) is 0 Å². The van der Waals surface area contributed by atoms with Crippen molar-refractivity contribution in [1.29, 1.82) is 0 Å². The Morgan fingerprint density at radius 3 is 2.52 bits per heavy atom. The van der Waals surface area contributed by atoms with Crippen molar-refractivity contribution in [3.05, 3.63) is 66.0 Å². The second-order valence-electron chi connectivity index (χ2n) is 7.90. The van der Waals surface area contributed by atoms with Crippen LogP contribution < -0.4 is 9.64 Å². The number of pyridine rings is 1. The van der Waals surface area contributed by atoms with E-state index in [1.807, 2.05) is 43.3 Å². The molecule has 8 nitrogen and oxygen atoms in total. The molecule has 8 heteroatoms. The summed E-state index contributed by atoms with van der Waals surface area (Å²) in [5.41, 5.74) is 4.80. The number of methoxy groups -OCH3 is 1. The molecule has 0 radical (unpaired) electrons. The summed E-state index contributed by atoms with van der Waals surface area (Å²) in [7, 11) is 1.60. The van der Waals surface area contributed by atoms with Gasteiger partial charge in [-0.05, 0) is 48.4 Å². The Hall–Kier alpha value is -3.91. The third kappa shape index (κ3) is 3.89. The summed E-state index contributed by atoms with van der Waals surface area (Å²) in [4.78, 5) is 18.6. The molecule has 0 amide bonds. The highest BCUT2D eigenvalue weighted by molar-refractivity contribution is 6.00. The van der Waals surface area contributed by atoms with E-state index in [1.165, 1.54) is 0 Å². The summed E-state index contributed by atoms with van der Waals surface area (Å²) in [6.07, 6.45) is 0. The van der Waals surface area contributed by atoms with Crippen molar-refractivity contribution in [2.45, 2.75) is 6.92 Å². The lowest BCUT2D eigenvalue weighted by Crippen LogP contribution is -2.36. The van der Waals surface area contributed by atoms with Crippen LogP contribution in [0.5, 0.6) is 5.75 Å². The molecule has 33 heavy (non-hydrogen) atoms. The van der Waals surface area contributed by atoms with E-state index < -0.39 is 5.97 Å². The van der Waals surface area contributed by atoms with Gasteiger partial charge in [-0.2, -0.15) is 5.10 Å². The van der Waals surface area contributed by atoms with Crippen molar-refractivity contribution in [2.24, 2.45) is 0 Å². The predicted molar refractivity (Wildman–Crippen MR) is 126 cm³/mol. The molecule has 3 heterocycles. The van der Waals surface area contributed by atoms with Crippen molar-refractivity contribution < 1.29 is 19.4 Å².